The van der Waals surface area contributed by atoms with Crippen molar-refractivity contribution in [3.63, 3.8) is 0 Å². The molecule has 0 saturated carbocycles. The molecule has 0 aromatic carbocycles. The fourth-order valence-electron chi connectivity index (χ4n) is 1.23. The van der Waals surface area contributed by atoms with Crippen LogP contribution in [0.1, 0.15) is 5.69 Å². The van der Waals surface area contributed by atoms with Gasteiger partial charge in [0.1, 0.15) is 5.69 Å². The topological polar surface area (TPSA) is 112 Å². The first kappa shape index (κ1) is 28.6. The molecule has 0 bridgehead atoms. The summed E-state index contributed by atoms with van der Waals surface area (Å²) in [7, 11) is 0. The molecule has 28 heavy (non-hydrogen) atoms. The van der Waals surface area contributed by atoms with Crippen molar-refractivity contribution >= 4 is 36.0 Å². The molecule has 0 aliphatic heterocycles. The van der Waals surface area contributed by atoms with E-state index in [1.54, 1.807) is 0 Å². The number of halogens is 4. The summed E-state index contributed by atoms with van der Waals surface area (Å²) in [5.74, 6) is 0. The Morgan fingerprint density at radius 1 is 1.00 bits per heavy atom. The maximum atomic E-state index is 10.7. The average Bonchev–Trinajstić information content (AvgIpc) is 2.62. The minimum atomic E-state index is -4.72. The number of nitro groups is 2. The number of hydrogen-bond acceptors (Lipinski definition) is 6. The fourth-order valence-corrected chi connectivity index (χ4v) is 1.42. The summed E-state index contributed by atoms with van der Waals surface area (Å²) in [6.07, 6.45) is 4.25. The Morgan fingerprint density at radius 2 is 1.43 bits per heavy atom. The first-order chi connectivity index (χ1) is 12.5. The van der Waals surface area contributed by atoms with Crippen LogP contribution in [0.4, 0.5) is 24.3 Å². The molecule has 0 radical (unpaired) electrons. The van der Waals surface area contributed by atoms with Crippen LogP contribution in [0.25, 0.3) is 6.08 Å². The van der Waals surface area contributed by atoms with Crippen molar-refractivity contribution in [1.82, 2.24) is 9.97 Å². The maximum absolute atomic E-state index is 10.7. The summed E-state index contributed by atoms with van der Waals surface area (Å²) >= 11 is 5.37. The van der Waals surface area contributed by atoms with Crippen LogP contribution in [0.3, 0.4) is 0 Å². The van der Waals surface area contributed by atoms with Crippen LogP contribution in [-0.2, 0) is 0 Å². The number of hydrogen-bond donors (Lipinski definition) is 0. The molecule has 0 aliphatic rings. The predicted octanol–water partition coefficient (Wildman–Crippen LogP) is 1.84. The van der Waals surface area contributed by atoms with E-state index >= 15 is 0 Å². The van der Waals surface area contributed by atoms with Gasteiger partial charge < -0.3 is 12.9 Å². The zero-order valence-electron chi connectivity index (χ0n) is 14.5. The van der Waals surface area contributed by atoms with Crippen LogP contribution in [0, 0.1) is 20.2 Å². The van der Waals surface area contributed by atoms with E-state index in [2.05, 4.69) is 23.1 Å². The Labute approximate surface area is 205 Å². The van der Waals surface area contributed by atoms with E-state index in [1.807, 2.05) is 0 Å². The second kappa shape index (κ2) is 14.4. The molecule has 14 heteroatoms. The van der Waals surface area contributed by atoms with Crippen molar-refractivity contribution in [2.45, 2.75) is 0 Å². The number of nitrogens with zero attached hydrogens (tertiary/aromatic N) is 4. The van der Waals surface area contributed by atoms with Crippen LogP contribution in [0.15, 0.2) is 55.8 Å². The van der Waals surface area contributed by atoms with Gasteiger partial charge in [-0.3, -0.25) is 20.2 Å². The van der Waals surface area contributed by atoms with Gasteiger partial charge in [0.2, 0.25) is 5.15 Å². The van der Waals surface area contributed by atoms with Gasteiger partial charge in [0, 0.05) is 24.5 Å². The molecule has 8 nitrogen and oxygen atoms in total. The zero-order valence-corrected chi connectivity index (χ0v) is 18.4. The van der Waals surface area contributed by atoms with Crippen molar-refractivity contribution in [2.24, 2.45) is 0 Å². The standard InChI is InChI=1S/C7H6N2O2.C5H3ClN2O2.C2H3BF3.K/c1-2-6-7(9(10)11)4-3-5-8-6;6-5-4(8(9)10)2-1-3-7-5;1-2-3(4,5)6;/h2-5H,1H2;1-3H;2H,1H2;/q;;-1;+1. The smallest absolute Gasteiger partial charge is 0.445 e. The van der Waals surface area contributed by atoms with E-state index in [9.17, 15) is 33.2 Å². The Bertz CT molecular complexity index is 827. The molecule has 144 valence electrons. The van der Waals surface area contributed by atoms with Crippen molar-refractivity contribution in [3.8, 4) is 0 Å². The molecule has 0 fully saturated rings. The molecular formula is C14H12BClF3KN4O4. The third-order valence-electron chi connectivity index (χ3n) is 2.41. The van der Waals surface area contributed by atoms with Gasteiger partial charge in [-0.05, 0) is 18.2 Å². The third kappa shape index (κ3) is 11.9. The SMILES string of the molecule is C=C[B-](F)(F)F.C=Cc1ncccc1[N+](=O)[O-].O=[N+]([O-])c1cccnc1Cl.[K+]. The van der Waals surface area contributed by atoms with Gasteiger partial charge in [-0.2, -0.15) is 5.98 Å². The second-order valence-corrected chi connectivity index (χ2v) is 4.66. The summed E-state index contributed by atoms with van der Waals surface area (Å²) < 4.78 is 32.2. The quantitative estimate of drug-likeness (QED) is 0.309. The summed E-state index contributed by atoms with van der Waals surface area (Å²) in [5, 5.41) is 20.3. The van der Waals surface area contributed by atoms with Crippen LogP contribution < -0.4 is 51.4 Å². The molecule has 0 spiro atoms. The average molecular weight is 443 g/mol. The second-order valence-electron chi connectivity index (χ2n) is 4.30. The molecule has 0 N–H and O–H groups in total. The number of rotatable bonds is 4. The van der Waals surface area contributed by atoms with Crippen molar-refractivity contribution in [3.05, 3.63) is 86.9 Å². The van der Waals surface area contributed by atoms with Crippen LogP contribution in [-0.4, -0.2) is 26.8 Å². The van der Waals surface area contributed by atoms with E-state index in [0.29, 0.717) is 5.69 Å². The molecule has 2 heterocycles. The first-order valence-corrected chi connectivity index (χ1v) is 7.21. The van der Waals surface area contributed by atoms with E-state index in [4.69, 9.17) is 11.6 Å². The van der Waals surface area contributed by atoms with Gasteiger partial charge in [-0.15, -0.1) is 6.58 Å². The van der Waals surface area contributed by atoms with Gasteiger partial charge in [0.25, 0.3) is 5.69 Å². The predicted molar refractivity (Wildman–Crippen MR) is 96.2 cm³/mol. The molecule has 0 unspecified atom stereocenters. The van der Waals surface area contributed by atoms with Gasteiger partial charge in [0.15, 0.2) is 0 Å². The molecule has 0 amide bonds. The molecule has 2 rings (SSSR count). The molecular weight excluding hydrogens is 431 g/mol. The van der Waals surface area contributed by atoms with Crippen LogP contribution in [0.5, 0.6) is 0 Å². The summed E-state index contributed by atoms with van der Waals surface area (Å²) in [6.45, 7) is 1.22. The van der Waals surface area contributed by atoms with E-state index in [0.717, 1.165) is 0 Å². The van der Waals surface area contributed by atoms with E-state index in [1.165, 1.54) is 42.7 Å². The maximum Gasteiger partial charge on any atom is 1.00 e. The Balaban J connectivity index is 0. The van der Waals surface area contributed by atoms with E-state index in [-0.39, 0.29) is 73.9 Å². The van der Waals surface area contributed by atoms with Crippen molar-refractivity contribution in [1.29, 1.82) is 0 Å². The van der Waals surface area contributed by atoms with Gasteiger partial charge in [0.05, 0.1) is 9.85 Å². The normalized spacial score (nSPS) is 9.29. The Kier molecular flexibility index (Phi) is 14.7. The molecule has 0 atom stereocenters. The van der Waals surface area contributed by atoms with Crippen molar-refractivity contribution in [2.75, 3.05) is 0 Å². The van der Waals surface area contributed by atoms with Crippen molar-refractivity contribution < 1.29 is 74.2 Å². The number of aromatic nitrogens is 2. The van der Waals surface area contributed by atoms with E-state index < -0.39 is 16.8 Å². The van der Waals surface area contributed by atoms with Gasteiger partial charge in [-0.25, -0.2) is 9.97 Å². The monoisotopic (exact) mass is 442 g/mol. The summed E-state index contributed by atoms with van der Waals surface area (Å²) in [6, 6.07) is 5.68. The summed E-state index contributed by atoms with van der Waals surface area (Å²) in [4.78, 5) is 26.6. The first-order valence-electron chi connectivity index (χ1n) is 6.83. The largest absolute Gasteiger partial charge is 1.00 e. The zero-order chi connectivity index (χ0) is 21.0. The Morgan fingerprint density at radius 3 is 1.71 bits per heavy atom. The van der Waals surface area contributed by atoms with Crippen LogP contribution in [0.2, 0.25) is 5.15 Å². The number of pyridine rings is 2. The molecule has 2 aromatic rings. The van der Waals surface area contributed by atoms with Crippen LogP contribution >= 0.6 is 11.6 Å². The molecule has 0 saturated heterocycles. The third-order valence-corrected chi connectivity index (χ3v) is 2.70. The minimum absolute atomic E-state index is 0. The molecule has 2 aromatic heterocycles. The fraction of sp³-hybridized carbons (Fsp3) is 0. The Hall–Kier alpha value is -1.64. The minimum Gasteiger partial charge on any atom is -0.445 e. The summed E-state index contributed by atoms with van der Waals surface area (Å²) in [5.41, 5.74) is 0.129. The van der Waals surface area contributed by atoms with Gasteiger partial charge in [-0.1, -0.05) is 18.2 Å². The van der Waals surface area contributed by atoms with Gasteiger partial charge >= 0.3 is 64.0 Å². The molecule has 0 aliphatic carbocycles.